The van der Waals surface area contributed by atoms with Crippen LogP contribution in [0.3, 0.4) is 0 Å². The van der Waals surface area contributed by atoms with Crippen LogP contribution in [0, 0.1) is 6.92 Å². The van der Waals surface area contributed by atoms with E-state index >= 15 is 0 Å². The number of aliphatic hydroxyl groups excluding tert-OH is 1. The molecule has 112 valence electrons. The molecule has 1 aliphatic rings. The van der Waals surface area contributed by atoms with E-state index in [1.807, 2.05) is 0 Å². The molecule has 1 aromatic rings. The first-order valence-corrected chi connectivity index (χ1v) is 7.75. The van der Waals surface area contributed by atoms with Gasteiger partial charge in [0.25, 0.3) is 0 Å². The zero-order valence-electron chi connectivity index (χ0n) is 12.6. The van der Waals surface area contributed by atoms with E-state index < -0.39 is 6.10 Å². The summed E-state index contributed by atoms with van der Waals surface area (Å²) >= 11 is 0. The summed E-state index contributed by atoms with van der Waals surface area (Å²) in [4.78, 5) is 0. The Labute approximate surface area is 122 Å². The number of nitrogens with one attached hydrogen (secondary N) is 1. The lowest BCUT2D eigenvalue weighted by atomic mass is 10.0. The number of aryl methyl sites for hydroxylation is 1. The van der Waals surface area contributed by atoms with Crippen molar-refractivity contribution in [3.05, 3.63) is 35.4 Å². The van der Waals surface area contributed by atoms with Gasteiger partial charge in [0.15, 0.2) is 0 Å². The van der Waals surface area contributed by atoms with E-state index in [2.05, 4.69) is 43.4 Å². The van der Waals surface area contributed by atoms with E-state index in [0.29, 0.717) is 19.3 Å². The van der Waals surface area contributed by atoms with Crippen molar-refractivity contribution in [1.29, 1.82) is 0 Å². The molecule has 0 bridgehead atoms. The van der Waals surface area contributed by atoms with Crippen LogP contribution in [0.4, 0.5) is 0 Å². The highest BCUT2D eigenvalue weighted by atomic mass is 16.5. The molecule has 1 saturated carbocycles. The Hall–Kier alpha value is -0.900. The van der Waals surface area contributed by atoms with Crippen molar-refractivity contribution in [3.8, 4) is 0 Å². The number of benzene rings is 1. The minimum atomic E-state index is -0.429. The Morgan fingerprint density at radius 2 is 2.00 bits per heavy atom. The van der Waals surface area contributed by atoms with E-state index in [-0.39, 0.29) is 6.04 Å². The maximum absolute atomic E-state index is 9.99. The molecule has 1 aliphatic carbocycles. The smallest absolute Gasteiger partial charge is 0.0898 e. The highest BCUT2D eigenvalue weighted by Crippen LogP contribution is 2.21. The fourth-order valence-electron chi connectivity index (χ4n) is 2.86. The number of aliphatic hydroxyl groups is 1. The summed E-state index contributed by atoms with van der Waals surface area (Å²) in [5, 5.41) is 13.4. The highest BCUT2D eigenvalue weighted by Gasteiger charge is 2.17. The molecule has 20 heavy (non-hydrogen) atoms. The Morgan fingerprint density at radius 1 is 1.30 bits per heavy atom. The van der Waals surface area contributed by atoms with Gasteiger partial charge in [-0.25, -0.2) is 0 Å². The summed E-state index contributed by atoms with van der Waals surface area (Å²) in [5.41, 5.74) is 2.57. The predicted octanol–water partition coefficient (Wildman–Crippen LogP) is 2.97. The Kier molecular flexibility index (Phi) is 6.02. The third-order valence-corrected chi connectivity index (χ3v) is 4.14. The third-order valence-electron chi connectivity index (χ3n) is 4.14. The summed E-state index contributed by atoms with van der Waals surface area (Å²) in [7, 11) is 0. The van der Waals surface area contributed by atoms with Gasteiger partial charge in [-0.1, -0.05) is 37.1 Å². The second kappa shape index (κ2) is 7.77. The molecule has 1 aromatic carbocycles. The van der Waals surface area contributed by atoms with Crippen molar-refractivity contribution >= 4 is 0 Å². The van der Waals surface area contributed by atoms with Crippen LogP contribution in [-0.4, -0.2) is 30.5 Å². The van der Waals surface area contributed by atoms with Gasteiger partial charge in [-0.2, -0.15) is 0 Å². The zero-order valence-corrected chi connectivity index (χ0v) is 12.6. The molecule has 1 unspecified atom stereocenters. The first-order valence-electron chi connectivity index (χ1n) is 7.75. The molecule has 3 nitrogen and oxygen atoms in total. The highest BCUT2D eigenvalue weighted by molar-refractivity contribution is 5.28. The fourth-order valence-corrected chi connectivity index (χ4v) is 2.86. The number of rotatable bonds is 7. The topological polar surface area (TPSA) is 41.5 Å². The number of hydrogen-bond acceptors (Lipinski definition) is 3. The average molecular weight is 277 g/mol. The van der Waals surface area contributed by atoms with Crippen molar-refractivity contribution < 1.29 is 9.84 Å². The average Bonchev–Trinajstić information content (AvgIpc) is 2.96. The zero-order chi connectivity index (χ0) is 14.4. The largest absolute Gasteiger partial charge is 0.389 e. The molecule has 0 saturated heterocycles. The lowest BCUT2D eigenvalue weighted by Gasteiger charge is -2.20. The fraction of sp³-hybridized carbons (Fsp3) is 0.647. The van der Waals surface area contributed by atoms with Crippen LogP contribution >= 0.6 is 0 Å². The van der Waals surface area contributed by atoms with Crippen molar-refractivity contribution in [2.75, 3.05) is 13.2 Å². The summed E-state index contributed by atoms with van der Waals surface area (Å²) in [6.07, 6.45) is 4.78. The predicted molar refractivity (Wildman–Crippen MR) is 81.8 cm³/mol. The van der Waals surface area contributed by atoms with Crippen molar-refractivity contribution in [2.45, 2.75) is 57.8 Å². The quantitative estimate of drug-likeness (QED) is 0.805. The van der Waals surface area contributed by atoms with Crippen molar-refractivity contribution in [2.24, 2.45) is 0 Å². The van der Waals surface area contributed by atoms with Crippen molar-refractivity contribution in [1.82, 2.24) is 5.32 Å². The molecular weight excluding hydrogens is 250 g/mol. The van der Waals surface area contributed by atoms with E-state index in [4.69, 9.17) is 4.74 Å². The monoisotopic (exact) mass is 277 g/mol. The lowest BCUT2D eigenvalue weighted by molar-refractivity contribution is -0.00610. The SMILES string of the molecule is Cc1ccccc1[C@H](C)NCC(O)COC1CCCC1. The van der Waals surface area contributed by atoms with Gasteiger partial charge in [0.1, 0.15) is 0 Å². The maximum Gasteiger partial charge on any atom is 0.0898 e. The van der Waals surface area contributed by atoms with Crippen LogP contribution in [0.5, 0.6) is 0 Å². The maximum atomic E-state index is 9.99. The summed E-state index contributed by atoms with van der Waals surface area (Å²) in [5.74, 6) is 0. The van der Waals surface area contributed by atoms with Gasteiger partial charge in [-0.05, 0) is 37.8 Å². The molecule has 0 heterocycles. The van der Waals surface area contributed by atoms with Crippen LogP contribution in [0.25, 0.3) is 0 Å². The minimum absolute atomic E-state index is 0.248. The second-order valence-electron chi connectivity index (χ2n) is 5.88. The van der Waals surface area contributed by atoms with Gasteiger partial charge in [0.05, 0.1) is 18.8 Å². The van der Waals surface area contributed by atoms with Gasteiger partial charge in [-0.3, -0.25) is 0 Å². The summed E-state index contributed by atoms with van der Waals surface area (Å²) < 4.78 is 5.74. The number of hydrogen-bond donors (Lipinski definition) is 2. The Balaban J connectivity index is 1.69. The summed E-state index contributed by atoms with van der Waals surface area (Å²) in [6, 6.07) is 8.61. The van der Waals surface area contributed by atoms with Crippen LogP contribution in [-0.2, 0) is 4.74 Å². The van der Waals surface area contributed by atoms with Crippen LogP contribution in [0.2, 0.25) is 0 Å². The van der Waals surface area contributed by atoms with Crippen LogP contribution < -0.4 is 5.32 Å². The molecule has 2 rings (SSSR count). The van der Waals surface area contributed by atoms with Crippen molar-refractivity contribution in [3.63, 3.8) is 0 Å². The first kappa shape index (κ1) is 15.5. The van der Waals surface area contributed by atoms with E-state index in [9.17, 15) is 5.11 Å². The summed E-state index contributed by atoms with van der Waals surface area (Å²) in [6.45, 7) is 5.26. The molecular formula is C17H27NO2. The van der Waals surface area contributed by atoms with E-state index in [1.165, 1.54) is 24.0 Å². The molecule has 0 aromatic heterocycles. The van der Waals surface area contributed by atoms with Gasteiger partial charge < -0.3 is 15.2 Å². The van der Waals surface area contributed by atoms with E-state index in [0.717, 1.165) is 12.8 Å². The van der Waals surface area contributed by atoms with Gasteiger partial charge in [-0.15, -0.1) is 0 Å². The molecule has 1 fully saturated rings. The van der Waals surface area contributed by atoms with Gasteiger partial charge in [0, 0.05) is 12.6 Å². The standard InChI is InChI=1S/C17H27NO2/c1-13-7-3-6-10-17(13)14(2)18-11-15(19)12-20-16-8-4-5-9-16/h3,6-7,10,14-16,18-19H,4-5,8-9,11-12H2,1-2H3/t14-,15?/m0/s1. The van der Waals surface area contributed by atoms with Crippen LogP contribution in [0.15, 0.2) is 24.3 Å². The lowest BCUT2D eigenvalue weighted by Crippen LogP contribution is -2.33. The number of ether oxygens (including phenoxy) is 1. The minimum Gasteiger partial charge on any atom is -0.389 e. The molecule has 0 amide bonds. The first-order chi connectivity index (χ1) is 9.66. The molecule has 0 aliphatic heterocycles. The third kappa shape index (κ3) is 4.58. The van der Waals surface area contributed by atoms with Gasteiger partial charge >= 0.3 is 0 Å². The second-order valence-corrected chi connectivity index (χ2v) is 5.88. The Bertz CT molecular complexity index is 402. The molecule has 2 atom stereocenters. The molecule has 2 N–H and O–H groups in total. The van der Waals surface area contributed by atoms with Crippen LogP contribution in [0.1, 0.15) is 49.8 Å². The Morgan fingerprint density at radius 3 is 2.70 bits per heavy atom. The molecule has 0 radical (unpaired) electrons. The van der Waals surface area contributed by atoms with Gasteiger partial charge in [0.2, 0.25) is 0 Å². The molecule has 0 spiro atoms. The molecule has 3 heteroatoms. The normalized spacial score (nSPS) is 19.1. The van der Waals surface area contributed by atoms with E-state index in [1.54, 1.807) is 0 Å².